The van der Waals surface area contributed by atoms with Gasteiger partial charge in [0.1, 0.15) is 6.54 Å². The van der Waals surface area contributed by atoms with Crippen LogP contribution in [0.15, 0.2) is 41.5 Å². The van der Waals surface area contributed by atoms with Gasteiger partial charge in [-0.05, 0) is 5.56 Å². The number of imidazole rings is 1. The van der Waals surface area contributed by atoms with Gasteiger partial charge in [-0.2, -0.15) is 0 Å². The minimum absolute atomic E-state index is 0.123. The van der Waals surface area contributed by atoms with Gasteiger partial charge < -0.3 is 4.90 Å². The molecule has 3 aromatic rings. The highest BCUT2D eigenvalue weighted by atomic mass is 16.1. The molecule has 108 valence electrons. The van der Waals surface area contributed by atoms with Crippen molar-refractivity contribution in [2.24, 2.45) is 7.05 Å². The molecule has 2 aromatic heterocycles. The molecule has 2 heterocycles. The van der Waals surface area contributed by atoms with E-state index in [9.17, 15) is 4.79 Å². The van der Waals surface area contributed by atoms with Gasteiger partial charge in [-0.15, -0.1) is 5.10 Å². The third-order valence-corrected chi connectivity index (χ3v) is 3.47. The van der Waals surface area contributed by atoms with Crippen LogP contribution >= 0.6 is 0 Å². The number of aryl methyl sites for hydroxylation is 1. The molecule has 21 heavy (non-hydrogen) atoms. The molecule has 0 atom stereocenters. The Bertz CT molecular complexity index is 832. The summed E-state index contributed by atoms with van der Waals surface area (Å²) in [5, 5.41) is 4.36. The summed E-state index contributed by atoms with van der Waals surface area (Å²) in [6.45, 7) is 0.691. The first-order valence-corrected chi connectivity index (χ1v) is 6.77. The van der Waals surface area contributed by atoms with Crippen molar-refractivity contribution < 1.29 is 4.57 Å². The van der Waals surface area contributed by atoms with Gasteiger partial charge in [0.25, 0.3) is 0 Å². The fourth-order valence-corrected chi connectivity index (χ4v) is 2.42. The monoisotopic (exact) mass is 284 g/mol. The molecule has 0 saturated heterocycles. The van der Waals surface area contributed by atoms with Gasteiger partial charge in [-0.1, -0.05) is 30.3 Å². The molecule has 0 aliphatic carbocycles. The lowest BCUT2D eigenvalue weighted by atomic mass is 10.2. The first-order valence-electron chi connectivity index (χ1n) is 6.77. The van der Waals surface area contributed by atoms with Crippen LogP contribution in [0.5, 0.6) is 0 Å². The third-order valence-electron chi connectivity index (χ3n) is 3.47. The number of anilines is 1. The van der Waals surface area contributed by atoms with E-state index in [1.807, 2.05) is 48.1 Å². The summed E-state index contributed by atoms with van der Waals surface area (Å²) in [7, 11) is 5.51. The minimum Gasteiger partial charge on any atom is -0.358 e. The Morgan fingerprint density at radius 3 is 2.67 bits per heavy atom. The Kier molecular flexibility index (Phi) is 3.21. The second-order valence-corrected chi connectivity index (χ2v) is 5.26. The second kappa shape index (κ2) is 5.05. The predicted molar refractivity (Wildman–Crippen MR) is 81.4 cm³/mol. The van der Waals surface area contributed by atoms with E-state index in [2.05, 4.69) is 22.2 Å². The van der Waals surface area contributed by atoms with Crippen LogP contribution < -0.4 is 15.0 Å². The molecule has 1 N–H and O–H groups in total. The minimum atomic E-state index is -0.123. The molecule has 1 aromatic carbocycles. The van der Waals surface area contributed by atoms with Crippen molar-refractivity contribution >= 4 is 16.9 Å². The molecule has 0 unspecified atom stereocenters. The molecule has 0 amide bonds. The van der Waals surface area contributed by atoms with Crippen molar-refractivity contribution in [3.8, 4) is 0 Å². The van der Waals surface area contributed by atoms with Crippen LogP contribution in [0.4, 0.5) is 5.82 Å². The largest absolute Gasteiger partial charge is 0.358 e. The highest BCUT2D eigenvalue weighted by Crippen LogP contribution is 2.15. The van der Waals surface area contributed by atoms with Crippen LogP contribution in [0.1, 0.15) is 5.56 Å². The number of aromatic amines is 1. The van der Waals surface area contributed by atoms with E-state index in [0.29, 0.717) is 12.1 Å². The van der Waals surface area contributed by atoms with Crippen molar-refractivity contribution in [2.45, 2.75) is 6.54 Å². The third kappa shape index (κ3) is 2.29. The lowest BCUT2D eigenvalue weighted by Crippen LogP contribution is -2.35. The fraction of sp³-hybridized carbons (Fsp3) is 0.267. The van der Waals surface area contributed by atoms with Crippen LogP contribution in [0.3, 0.4) is 0 Å². The van der Waals surface area contributed by atoms with Crippen molar-refractivity contribution in [1.29, 1.82) is 0 Å². The average molecular weight is 284 g/mol. The Morgan fingerprint density at radius 2 is 2.00 bits per heavy atom. The van der Waals surface area contributed by atoms with Crippen LogP contribution in [0, 0.1) is 0 Å². The zero-order valence-electron chi connectivity index (χ0n) is 12.4. The number of rotatable bonds is 3. The van der Waals surface area contributed by atoms with Crippen LogP contribution in [-0.2, 0) is 13.6 Å². The zero-order chi connectivity index (χ0) is 15.0. The van der Waals surface area contributed by atoms with Crippen molar-refractivity contribution in [1.82, 2.24) is 14.8 Å². The van der Waals surface area contributed by atoms with Gasteiger partial charge in [-0.25, -0.2) is 14.2 Å². The van der Waals surface area contributed by atoms with E-state index in [1.54, 1.807) is 7.05 Å². The summed E-state index contributed by atoms with van der Waals surface area (Å²) in [5.74, 6) is 0.768. The number of fused-ring (bicyclic) bond motifs is 1. The summed E-state index contributed by atoms with van der Waals surface area (Å²) >= 11 is 0. The summed E-state index contributed by atoms with van der Waals surface area (Å²) in [6.07, 6.45) is 1.83. The maximum atomic E-state index is 12.2. The highest BCUT2D eigenvalue weighted by molar-refractivity contribution is 5.81. The Labute approximate surface area is 122 Å². The van der Waals surface area contributed by atoms with Gasteiger partial charge in [-0.3, -0.25) is 4.79 Å². The first-order chi connectivity index (χ1) is 10.1. The predicted octanol–water partition coefficient (Wildman–Crippen LogP) is 0.663. The smallest absolute Gasteiger partial charge is 0.318 e. The molecule has 0 fully saturated rings. The van der Waals surface area contributed by atoms with Gasteiger partial charge in [0.2, 0.25) is 23.2 Å². The second-order valence-electron chi connectivity index (χ2n) is 5.26. The summed E-state index contributed by atoms with van der Waals surface area (Å²) < 4.78 is 3.38. The number of hydrogen-bond acceptors (Lipinski definition) is 3. The zero-order valence-corrected chi connectivity index (χ0v) is 12.4. The van der Waals surface area contributed by atoms with Crippen LogP contribution in [0.2, 0.25) is 0 Å². The molecule has 0 spiro atoms. The topological polar surface area (TPSA) is 57.8 Å². The quantitative estimate of drug-likeness (QED) is 0.719. The van der Waals surface area contributed by atoms with E-state index in [1.165, 1.54) is 10.2 Å². The fourth-order valence-electron chi connectivity index (χ4n) is 2.42. The molecule has 0 saturated carbocycles. The Hall–Kier alpha value is -2.63. The number of benzene rings is 1. The van der Waals surface area contributed by atoms with E-state index < -0.39 is 0 Å². The molecule has 0 radical (unpaired) electrons. The van der Waals surface area contributed by atoms with Gasteiger partial charge in [0, 0.05) is 21.1 Å². The number of H-pyrrole nitrogens is 1. The lowest BCUT2D eigenvalue weighted by molar-refractivity contribution is -0.661. The van der Waals surface area contributed by atoms with Crippen LogP contribution in [0.25, 0.3) is 11.0 Å². The molecule has 6 nitrogen and oxygen atoms in total. The highest BCUT2D eigenvalue weighted by Gasteiger charge is 2.21. The lowest BCUT2D eigenvalue weighted by Gasteiger charge is -2.12. The van der Waals surface area contributed by atoms with Crippen LogP contribution in [-0.4, -0.2) is 28.9 Å². The number of hydrogen-bond donors (Lipinski definition) is 1. The maximum Gasteiger partial charge on any atom is 0.318 e. The van der Waals surface area contributed by atoms with E-state index in [0.717, 1.165) is 11.3 Å². The average Bonchev–Trinajstić information content (AvgIpc) is 2.88. The van der Waals surface area contributed by atoms with Crippen molar-refractivity contribution in [2.75, 3.05) is 19.0 Å². The van der Waals surface area contributed by atoms with Crippen molar-refractivity contribution in [3.63, 3.8) is 0 Å². The van der Waals surface area contributed by atoms with Gasteiger partial charge >= 0.3 is 5.56 Å². The Morgan fingerprint density at radius 1 is 1.29 bits per heavy atom. The van der Waals surface area contributed by atoms with Gasteiger partial charge in [0.15, 0.2) is 0 Å². The molecule has 3 rings (SSSR count). The molecular weight excluding hydrogens is 266 g/mol. The summed E-state index contributed by atoms with van der Waals surface area (Å²) in [6, 6.07) is 10.1. The number of aromatic nitrogens is 4. The molecule has 0 aliphatic rings. The standard InChI is InChI=1S/C15H17N5O/c1-18(2)14-13-12(15(21)19(3)17-14)16-10-20(13)9-11-7-5-4-6-8-11/h4-8,10H,9H2,1-3H3/p+1. The molecule has 0 bridgehead atoms. The molecule has 6 heteroatoms. The molecule has 0 aliphatic heterocycles. The summed E-state index contributed by atoms with van der Waals surface area (Å²) in [5.41, 5.74) is 2.45. The summed E-state index contributed by atoms with van der Waals surface area (Å²) in [4.78, 5) is 17.2. The normalized spacial score (nSPS) is 11.0. The SMILES string of the molecule is CN(C)c1nn(C)c(=O)c2[nH]c[n+](Cc3ccccc3)c12. The molecular formula is C15H18N5O+. The number of nitrogens with one attached hydrogen (secondary N) is 1. The first kappa shape index (κ1) is 13.4. The van der Waals surface area contributed by atoms with E-state index >= 15 is 0 Å². The Balaban J connectivity index is 2.21. The van der Waals surface area contributed by atoms with Crippen molar-refractivity contribution in [3.05, 3.63) is 52.6 Å². The maximum absolute atomic E-state index is 12.2. The van der Waals surface area contributed by atoms with Gasteiger partial charge in [0.05, 0.1) is 0 Å². The number of nitrogens with zero attached hydrogens (tertiary/aromatic N) is 4. The van der Waals surface area contributed by atoms with E-state index in [4.69, 9.17) is 0 Å². The van der Waals surface area contributed by atoms with E-state index in [-0.39, 0.29) is 5.56 Å².